The molecule has 17 heavy (non-hydrogen) atoms. The molecule has 0 bridgehead atoms. The zero-order valence-corrected chi connectivity index (χ0v) is 9.35. The molecule has 0 aromatic heterocycles. The molecule has 0 aliphatic rings. The number of nitro groups is 1. The molecule has 0 unspecified atom stereocenters. The van der Waals surface area contributed by atoms with Gasteiger partial charge in [-0.3, -0.25) is 10.1 Å². The molecule has 8 heteroatoms. The molecule has 0 amide bonds. The second-order valence-corrected chi connectivity index (χ2v) is 4.21. The van der Waals surface area contributed by atoms with Crippen LogP contribution in [0.1, 0.15) is 5.56 Å². The Balaban J connectivity index is 3.13. The molecule has 0 saturated heterocycles. The van der Waals surface area contributed by atoms with Crippen LogP contribution in [-0.4, -0.2) is 17.2 Å². The van der Waals surface area contributed by atoms with Gasteiger partial charge in [-0.05, 0) is 12.1 Å². The average Bonchev–Trinajstić information content (AvgIpc) is 2.24. The van der Waals surface area contributed by atoms with E-state index in [4.69, 9.17) is 5.73 Å². The highest BCUT2D eigenvalue weighted by Crippen LogP contribution is 2.36. The van der Waals surface area contributed by atoms with Crippen LogP contribution in [0, 0.1) is 10.1 Å². The van der Waals surface area contributed by atoms with Crippen LogP contribution in [0.25, 0.3) is 0 Å². The molecule has 1 aromatic carbocycles. The third-order valence-corrected chi connectivity index (χ3v) is 2.95. The van der Waals surface area contributed by atoms with Gasteiger partial charge in [0.2, 0.25) is 0 Å². The quantitative estimate of drug-likeness (QED) is 0.516. The van der Waals surface area contributed by atoms with Crippen molar-refractivity contribution in [2.45, 2.75) is 11.1 Å². The summed E-state index contributed by atoms with van der Waals surface area (Å²) in [5.41, 5.74) is 3.66. The maximum absolute atomic E-state index is 12.4. The van der Waals surface area contributed by atoms with Crippen LogP contribution < -0.4 is 5.73 Å². The maximum atomic E-state index is 12.4. The summed E-state index contributed by atoms with van der Waals surface area (Å²) < 4.78 is 37.1. The minimum atomic E-state index is -4.58. The van der Waals surface area contributed by atoms with E-state index in [-0.39, 0.29) is 4.90 Å². The van der Waals surface area contributed by atoms with Crippen molar-refractivity contribution < 1.29 is 18.1 Å². The number of thioether (sulfide) groups is 1. The topological polar surface area (TPSA) is 69.2 Å². The van der Waals surface area contributed by atoms with E-state index in [1.807, 2.05) is 0 Å². The molecular weight excluding hydrogens is 257 g/mol. The van der Waals surface area contributed by atoms with Crippen LogP contribution in [0.3, 0.4) is 0 Å². The first-order valence-corrected chi connectivity index (χ1v) is 5.53. The predicted molar refractivity (Wildman–Crippen MR) is 57.9 cm³/mol. The van der Waals surface area contributed by atoms with E-state index >= 15 is 0 Å². The molecule has 94 valence electrons. The van der Waals surface area contributed by atoms with E-state index in [1.54, 1.807) is 0 Å². The van der Waals surface area contributed by atoms with Crippen LogP contribution in [0.2, 0.25) is 0 Å². The summed E-state index contributed by atoms with van der Waals surface area (Å²) in [6, 6.07) is 2.46. The first kappa shape index (κ1) is 13.8. The average molecular weight is 266 g/mol. The van der Waals surface area contributed by atoms with Crippen molar-refractivity contribution in [2.24, 2.45) is 5.73 Å². The highest BCUT2D eigenvalue weighted by Gasteiger charge is 2.32. The fourth-order valence-corrected chi connectivity index (χ4v) is 1.91. The third kappa shape index (κ3) is 3.60. The van der Waals surface area contributed by atoms with Gasteiger partial charge >= 0.3 is 6.18 Å². The largest absolute Gasteiger partial charge is 0.416 e. The standard InChI is InChI=1S/C9H9F3N2O2S/c10-9(11,12)6-1-2-8(17-4-3-13)7(5-6)14(15)16/h1-2,5H,3-4,13H2. The number of alkyl halides is 3. The summed E-state index contributed by atoms with van der Waals surface area (Å²) in [5, 5.41) is 10.7. The van der Waals surface area contributed by atoms with Crippen molar-refractivity contribution in [3.05, 3.63) is 33.9 Å². The number of nitrogens with zero attached hydrogens (tertiary/aromatic N) is 1. The summed E-state index contributed by atoms with van der Waals surface area (Å²) in [4.78, 5) is 10.0. The highest BCUT2D eigenvalue weighted by molar-refractivity contribution is 7.99. The third-order valence-electron chi connectivity index (χ3n) is 1.86. The number of hydrogen-bond acceptors (Lipinski definition) is 4. The smallest absolute Gasteiger partial charge is 0.330 e. The Bertz CT molecular complexity index is 423. The van der Waals surface area contributed by atoms with Crippen molar-refractivity contribution >= 4 is 17.4 Å². The summed E-state index contributed by atoms with van der Waals surface area (Å²) in [6.07, 6.45) is -4.58. The molecule has 0 spiro atoms. The van der Waals surface area contributed by atoms with Gasteiger partial charge in [0.15, 0.2) is 0 Å². The number of rotatable bonds is 4. The van der Waals surface area contributed by atoms with Crippen molar-refractivity contribution in [3.8, 4) is 0 Å². The Labute approximate surface area is 99.1 Å². The number of nitro benzene ring substituents is 1. The van der Waals surface area contributed by atoms with Gasteiger partial charge in [-0.15, -0.1) is 11.8 Å². The van der Waals surface area contributed by atoms with E-state index in [0.29, 0.717) is 18.4 Å². The lowest BCUT2D eigenvalue weighted by molar-refractivity contribution is -0.388. The molecule has 0 atom stereocenters. The van der Waals surface area contributed by atoms with Gasteiger partial charge in [-0.2, -0.15) is 13.2 Å². The first-order valence-electron chi connectivity index (χ1n) is 4.54. The first-order chi connectivity index (χ1) is 7.86. The monoisotopic (exact) mass is 266 g/mol. The number of halogens is 3. The van der Waals surface area contributed by atoms with Crippen molar-refractivity contribution in [2.75, 3.05) is 12.3 Å². The maximum Gasteiger partial charge on any atom is 0.416 e. The summed E-state index contributed by atoms with van der Waals surface area (Å²) in [7, 11) is 0. The normalized spacial score (nSPS) is 11.5. The molecule has 0 aliphatic carbocycles. The summed E-state index contributed by atoms with van der Waals surface area (Å²) in [5.74, 6) is 0.409. The van der Waals surface area contributed by atoms with Gasteiger partial charge in [-0.1, -0.05) is 0 Å². The molecule has 0 saturated carbocycles. The van der Waals surface area contributed by atoms with E-state index in [9.17, 15) is 23.3 Å². The zero-order chi connectivity index (χ0) is 13.1. The highest BCUT2D eigenvalue weighted by atomic mass is 32.2. The predicted octanol–water partition coefficient (Wildman–Crippen LogP) is 2.66. The Morgan fingerprint density at radius 2 is 2.06 bits per heavy atom. The van der Waals surface area contributed by atoms with Gasteiger partial charge in [0.05, 0.1) is 15.4 Å². The van der Waals surface area contributed by atoms with Gasteiger partial charge in [0.1, 0.15) is 0 Å². The van der Waals surface area contributed by atoms with Crippen LogP contribution in [0.4, 0.5) is 18.9 Å². The molecule has 0 aliphatic heterocycles. The Hall–Kier alpha value is -1.28. The molecule has 0 fully saturated rings. The lowest BCUT2D eigenvalue weighted by Gasteiger charge is -2.08. The lowest BCUT2D eigenvalue weighted by Crippen LogP contribution is -2.06. The minimum absolute atomic E-state index is 0.188. The van der Waals surface area contributed by atoms with Gasteiger partial charge < -0.3 is 5.73 Å². The zero-order valence-electron chi connectivity index (χ0n) is 8.53. The SMILES string of the molecule is NCCSc1ccc(C(F)(F)F)cc1[N+](=O)[O-]. The Morgan fingerprint density at radius 3 is 2.53 bits per heavy atom. The molecule has 1 rings (SSSR count). The molecule has 1 aromatic rings. The van der Waals surface area contributed by atoms with E-state index in [0.717, 1.165) is 23.9 Å². The van der Waals surface area contributed by atoms with Crippen LogP contribution in [0.5, 0.6) is 0 Å². The van der Waals surface area contributed by atoms with Crippen molar-refractivity contribution in [3.63, 3.8) is 0 Å². The van der Waals surface area contributed by atoms with Crippen LogP contribution in [0.15, 0.2) is 23.1 Å². The minimum Gasteiger partial charge on any atom is -0.330 e. The van der Waals surface area contributed by atoms with Gasteiger partial charge in [0, 0.05) is 18.4 Å². The summed E-state index contributed by atoms with van der Waals surface area (Å²) >= 11 is 1.06. The molecular formula is C9H9F3N2O2S. The molecule has 0 heterocycles. The molecule has 2 N–H and O–H groups in total. The second-order valence-electron chi connectivity index (χ2n) is 3.07. The van der Waals surface area contributed by atoms with Crippen LogP contribution in [-0.2, 0) is 6.18 Å². The fraction of sp³-hybridized carbons (Fsp3) is 0.333. The molecule has 0 radical (unpaired) electrons. The van der Waals surface area contributed by atoms with E-state index in [1.165, 1.54) is 0 Å². The number of nitrogens with two attached hydrogens (primary N) is 1. The Kier molecular flexibility index (Phi) is 4.35. The van der Waals surface area contributed by atoms with Crippen molar-refractivity contribution in [1.82, 2.24) is 0 Å². The van der Waals surface area contributed by atoms with E-state index in [2.05, 4.69) is 0 Å². The lowest BCUT2D eigenvalue weighted by atomic mass is 10.2. The van der Waals surface area contributed by atoms with Crippen LogP contribution >= 0.6 is 11.8 Å². The number of benzene rings is 1. The van der Waals surface area contributed by atoms with Gasteiger partial charge in [0.25, 0.3) is 5.69 Å². The summed E-state index contributed by atoms with van der Waals surface area (Å²) in [6.45, 7) is 0.294. The Morgan fingerprint density at radius 1 is 1.41 bits per heavy atom. The second kappa shape index (κ2) is 5.37. The van der Waals surface area contributed by atoms with Gasteiger partial charge in [-0.25, -0.2) is 0 Å². The fourth-order valence-electron chi connectivity index (χ4n) is 1.13. The van der Waals surface area contributed by atoms with E-state index < -0.39 is 22.4 Å². The number of hydrogen-bond donors (Lipinski definition) is 1. The van der Waals surface area contributed by atoms with Crippen molar-refractivity contribution in [1.29, 1.82) is 0 Å². The molecule has 4 nitrogen and oxygen atoms in total.